The Morgan fingerprint density at radius 1 is 1.40 bits per heavy atom. The van der Waals surface area contributed by atoms with Crippen LogP contribution >= 0.6 is 0 Å². The van der Waals surface area contributed by atoms with Gasteiger partial charge < -0.3 is 19.9 Å². The van der Waals surface area contributed by atoms with Crippen molar-refractivity contribution in [3.63, 3.8) is 0 Å². The molecule has 0 amide bonds. The lowest BCUT2D eigenvalue weighted by atomic mass is 10.0. The molecule has 1 aromatic rings. The number of hydrogen-bond donors (Lipinski definition) is 2. The molecule has 20 heavy (non-hydrogen) atoms. The van der Waals surface area contributed by atoms with Gasteiger partial charge in [-0.1, -0.05) is 12.1 Å². The van der Waals surface area contributed by atoms with E-state index in [2.05, 4.69) is 5.32 Å². The summed E-state index contributed by atoms with van der Waals surface area (Å²) in [6.45, 7) is 1.96. The van der Waals surface area contributed by atoms with Crippen molar-refractivity contribution in [2.75, 3.05) is 20.2 Å². The molecule has 1 saturated carbocycles. The third-order valence-corrected chi connectivity index (χ3v) is 4.16. The SMILES string of the molecule is COc1c(CC2(O)CC2)cccc1OC1CCCNC1. The Balaban J connectivity index is 1.76. The molecular weight excluding hydrogens is 254 g/mol. The molecule has 3 rings (SSSR count). The van der Waals surface area contributed by atoms with Crippen molar-refractivity contribution in [2.45, 2.75) is 43.8 Å². The second-order valence-corrected chi connectivity index (χ2v) is 5.94. The van der Waals surface area contributed by atoms with E-state index < -0.39 is 5.60 Å². The Hall–Kier alpha value is -1.26. The number of rotatable bonds is 5. The van der Waals surface area contributed by atoms with Crippen molar-refractivity contribution in [3.8, 4) is 11.5 Å². The topological polar surface area (TPSA) is 50.7 Å². The first-order valence-corrected chi connectivity index (χ1v) is 7.46. The maximum absolute atomic E-state index is 10.1. The van der Waals surface area contributed by atoms with Crippen LogP contribution in [0.2, 0.25) is 0 Å². The number of benzene rings is 1. The standard InChI is InChI=1S/C16H23NO3/c1-19-15-12(10-16(18)7-8-16)4-2-6-14(15)20-13-5-3-9-17-11-13/h2,4,6,13,17-18H,3,5,7-11H2,1H3. The van der Waals surface area contributed by atoms with Gasteiger partial charge in [0.2, 0.25) is 0 Å². The molecule has 2 aliphatic rings. The summed E-state index contributed by atoms with van der Waals surface area (Å²) in [6.07, 6.45) is 4.84. The van der Waals surface area contributed by atoms with E-state index in [0.29, 0.717) is 6.42 Å². The van der Waals surface area contributed by atoms with Crippen LogP contribution in [0.25, 0.3) is 0 Å². The average Bonchev–Trinajstić information content (AvgIpc) is 3.18. The maximum atomic E-state index is 10.1. The summed E-state index contributed by atoms with van der Waals surface area (Å²) < 4.78 is 11.6. The molecule has 1 atom stereocenters. The van der Waals surface area contributed by atoms with Gasteiger partial charge in [0.25, 0.3) is 0 Å². The Labute approximate surface area is 120 Å². The van der Waals surface area contributed by atoms with Gasteiger partial charge in [-0.3, -0.25) is 0 Å². The predicted octanol–water partition coefficient (Wildman–Crippen LogP) is 1.89. The highest BCUT2D eigenvalue weighted by Crippen LogP contribution is 2.42. The Morgan fingerprint density at radius 3 is 2.90 bits per heavy atom. The van der Waals surface area contributed by atoms with Gasteiger partial charge in [-0.15, -0.1) is 0 Å². The van der Waals surface area contributed by atoms with Gasteiger partial charge in [-0.2, -0.15) is 0 Å². The number of aliphatic hydroxyl groups is 1. The molecule has 1 heterocycles. The molecule has 110 valence electrons. The van der Waals surface area contributed by atoms with Crippen LogP contribution in [0.15, 0.2) is 18.2 Å². The van der Waals surface area contributed by atoms with E-state index in [1.807, 2.05) is 18.2 Å². The molecule has 1 aliphatic heterocycles. The molecule has 2 N–H and O–H groups in total. The summed E-state index contributed by atoms with van der Waals surface area (Å²) in [5, 5.41) is 13.5. The van der Waals surface area contributed by atoms with Gasteiger partial charge in [0.15, 0.2) is 11.5 Å². The number of piperidine rings is 1. The van der Waals surface area contributed by atoms with Crippen LogP contribution < -0.4 is 14.8 Å². The van der Waals surface area contributed by atoms with Gasteiger partial charge in [0, 0.05) is 18.5 Å². The molecule has 1 unspecified atom stereocenters. The minimum Gasteiger partial charge on any atom is -0.493 e. The third kappa shape index (κ3) is 3.07. The zero-order chi connectivity index (χ0) is 14.0. The van der Waals surface area contributed by atoms with E-state index in [1.165, 1.54) is 0 Å². The summed E-state index contributed by atoms with van der Waals surface area (Å²) in [5.74, 6) is 1.57. The molecule has 2 fully saturated rings. The number of ether oxygens (including phenoxy) is 2. The monoisotopic (exact) mass is 277 g/mol. The number of nitrogens with one attached hydrogen (secondary N) is 1. The van der Waals surface area contributed by atoms with Crippen molar-refractivity contribution in [3.05, 3.63) is 23.8 Å². The fourth-order valence-corrected chi connectivity index (χ4v) is 2.80. The fraction of sp³-hybridized carbons (Fsp3) is 0.625. The lowest BCUT2D eigenvalue weighted by Crippen LogP contribution is -2.37. The molecular formula is C16H23NO3. The van der Waals surface area contributed by atoms with Gasteiger partial charge in [-0.25, -0.2) is 0 Å². The third-order valence-electron chi connectivity index (χ3n) is 4.16. The summed E-state index contributed by atoms with van der Waals surface area (Å²) in [5.41, 5.74) is 0.520. The molecule has 1 aromatic carbocycles. The first kappa shape index (κ1) is 13.7. The highest BCUT2D eigenvalue weighted by molar-refractivity contribution is 5.47. The minimum absolute atomic E-state index is 0.205. The number of hydrogen-bond acceptors (Lipinski definition) is 4. The summed E-state index contributed by atoms with van der Waals surface area (Å²) >= 11 is 0. The molecule has 4 heteroatoms. The molecule has 0 aromatic heterocycles. The number of para-hydroxylation sites is 1. The molecule has 0 radical (unpaired) electrons. The van der Waals surface area contributed by atoms with Crippen molar-refractivity contribution in [1.82, 2.24) is 5.32 Å². The van der Waals surface area contributed by atoms with Gasteiger partial charge >= 0.3 is 0 Å². The fourth-order valence-electron chi connectivity index (χ4n) is 2.80. The summed E-state index contributed by atoms with van der Waals surface area (Å²) in [6, 6.07) is 5.95. The molecule has 0 spiro atoms. The average molecular weight is 277 g/mol. The second kappa shape index (κ2) is 5.62. The zero-order valence-electron chi connectivity index (χ0n) is 12.0. The smallest absolute Gasteiger partial charge is 0.164 e. The highest BCUT2D eigenvalue weighted by Gasteiger charge is 2.41. The molecule has 1 aliphatic carbocycles. The largest absolute Gasteiger partial charge is 0.493 e. The van der Waals surface area contributed by atoms with E-state index in [-0.39, 0.29) is 6.10 Å². The van der Waals surface area contributed by atoms with Crippen molar-refractivity contribution in [2.24, 2.45) is 0 Å². The van der Waals surface area contributed by atoms with Crippen molar-refractivity contribution in [1.29, 1.82) is 0 Å². The maximum Gasteiger partial charge on any atom is 0.164 e. The molecule has 1 saturated heterocycles. The van der Waals surface area contributed by atoms with Gasteiger partial charge in [0.1, 0.15) is 6.10 Å². The van der Waals surface area contributed by atoms with E-state index in [4.69, 9.17) is 9.47 Å². The van der Waals surface area contributed by atoms with Crippen LogP contribution in [0.1, 0.15) is 31.2 Å². The van der Waals surface area contributed by atoms with Crippen LogP contribution in [0, 0.1) is 0 Å². The van der Waals surface area contributed by atoms with Crippen LogP contribution in [0.4, 0.5) is 0 Å². The van der Waals surface area contributed by atoms with Crippen LogP contribution in [-0.4, -0.2) is 37.0 Å². The minimum atomic E-state index is -0.516. The highest BCUT2D eigenvalue weighted by atomic mass is 16.5. The van der Waals surface area contributed by atoms with E-state index in [9.17, 15) is 5.11 Å². The van der Waals surface area contributed by atoms with E-state index in [0.717, 1.165) is 55.8 Å². The number of methoxy groups -OCH3 is 1. The summed E-state index contributed by atoms with van der Waals surface area (Å²) in [7, 11) is 1.67. The Morgan fingerprint density at radius 2 is 2.25 bits per heavy atom. The van der Waals surface area contributed by atoms with Crippen LogP contribution in [0.5, 0.6) is 11.5 Å². The van der Waals surface area contributed by atoms with Gasteiger partial charge in [0.05, 0.1) is 12.7 Å². The Bertz CT molecular complexity index is 465. The molecule has 0 bridgehead atoms. The predicted molar refractivity (Wildman–Crippen MR) is 77.4 cm³/mol. The van der Waals surface area contributed by atoms with Gasteiger partial charge in [-0.05, 0) is 38.3 Å². The van der Waals surface area contributed by atoms with E-state index in [1.54, 1.807) is 7.11 Å². The zero-order valence-corrected chi connectivity index (χ0v) is 12.0. The first-order valence-electron chi connectivity index (χ1n) is 7.46. The lowest BCUT2D eigenvalue weighted by Gasteiger charge is -2.25. The first-order chi connectivity index (χ1) is 9.70. The van der Waals surface area contributed by atoms with E-state index >= 15 is 0 Å². The van der Waals surface area contributed by atoms with Crippen molar-refractivity contribution >= 4 is 0 Å². The van der Waals surface area contributed by atoms with Crippen molar-refractivity contribution < 1.29 is 14.6 Å². The summed E-state index contributed by atoms with van der Waals surface area (Å²) in [4.78, 5) is 0. The van der Waals surface area contributed by atoms with Crippen LogP contribution in [0.3, 0.4) is 0 Å². The normalized spacial score (nSPS) is 24.2. The lowest BCUT2D eigenvalue weighted by molar-refractivity contribution is 0.147. The second-order valence-electron chi connectivity index (χ2n) is 5.94. The molecule has 4 nitrogen and oxygen atoms in total. The Kier molecular flexibility index (Phi) is 3.85. The van der Waals surface area contributed by atoms with Crippen LogP contribution in [-0.2, 0) is 6.42 Å². The quantitative estimate of drug-likeness (QED) is 0.863.